The summed E-state index contributed by atoms with van der Waals surface area (Å²) in [6.45, 7) is 7.65. The van der Waals surface area contributed by atoms with E-state index in [0.717, 1.165) is 19.6 Å². The molecule has 14 heavy (non-hydrogen) atoms. The van der Waals surface area contributed by atoms with E-state index in [1.165, 1.54) is 0 Å². The van der Waals surface area contributed by atoms with Gasteiger partial charge in [-0.2, -0.15) is 0 Å². The molecule has 1 N–H and O–H groups in total. The molecule has 0 spiro atoms. The predicted molar refractivity (Wildman–Crippen MR) is 56.5 cm³/mol. The highest BCUT2D eigenvalue weighted by atomic mass is 35.5. The van der Waals surface area contributed by atoms with Crippen molar-refractivity contribution in [2.75, 3.05) is 34.4 Å². The summed E-state index contributed by atoms with van der Waals surface area (Å²) in [5.74, 6) is 0. The van der Waals surface area contributed by atoms with Crippen LogP contribution in [0.25, 0.3) is 0 Å². The van der Waals surface area contributed by atoms with E-state index >= 15 is 0 Å². The third kappa shape index (κ3) is 14.7. The summed E-state index contributed by atoms with van der Waals surface area (Å²) in [6.07, 6.45) is 0.610. The van der Waals surface area contributed by atoms with E-state index < -0.39 is 0 Å². The summed E-state index contributed by atoms with van der Waals surface area (Å²) in [5, 5.41) is 9.17. The van der Waals surface area contributed by atoms with E-state index in [1.807, 2.05) is 41.9 Å². The number of nitrogens with zero attached hydrogens (tertiary/aromatic N) is 1. The normalized spacial score (nSPS) is 12.2. The second kappa shape index (κ2) is 11.2. The fourth-order valence-electron chi connectivity index (χ4n) is 0.752. The van der Waals surface area contributed by atoms with Gasteiger partial charge in [0.15, 0.2) is 6.23 Å². The number of hydrogen-bond acceptors (Lipinski definition) is 2. The summed E-state index contributed by atoms with van der Waals surface area (Å²) < 4.78 is 5.47. The number of ether oxygens (including phenoxy) is 1. The molecule has 0 radical (unpaired) electrons. The van der Waals surface area contributed by atoms with Crippen molar-refractivity contribution in [1.82, 2.24) is 0 Å². The van der Waals surface area contributed by atoms with Crippen LogP contribution >= 0.6 is 0 Å². The average Bonchev–Trinajstić information content (AvgIpc) is 2.04. The zero-order valence-electron chi connectivity index (χ0n) is 10.4. The number of aliphatic hydroxyl groups is 1. The smallest absolute Gasteiger partial charge is 0.189 e. The van der Waals surface area contributed by atoms with Crippen molar-refractivity contribution in [2.24, 2.45) is 0 Å². The van der Waals surface area contributed by atoms with Gasteiger partial charge < -0.3 is 26.7 Å². The van der Waals surface area contributed by atoms with Gasteiger partial charge in [-0.3, -0.25) is 0 Å². The molecule has 0 aromatic rings. The van der Waals surface area contributed by atoms with E-state index in [-0.39, 0.29) is 18.6 Å². The molecule has 3 nitrogen and oxygen atoms in total. The van der Waals surface area contributed by atoms with Gasteiger partial charge in [0, 0.05) is 19.6 Å². The Morgan fingerprint density at radius 2 is 1.43 bits per heavy atom. The minimum Gasteiger partial charge on any atom is -1.00 e. The highest BCUT2D eigenvalue weighted by molar-refractivity contribution is 4.30. The van der Waals surface area contributed by atoms with E-state index in [1.54, 1.807) is 0 Å². The van der Waals surface area contributed by atoms with E-state index in [9.17, 15) is 0 Å². The van der Waals surface area contributed by atoms with Crippen molar-refractivity contribution in [3.63, 3.8) is 0 Å². The van der Waals surface area contributed by atoms with Gasteiger partial charge in [0.2, 0.25) is 0 Å². The lowest BCUT2D eigenvalue weighted by Crippen LogP contribution is -3.00. The highest BCUT2D eigenvalue weighted by Crippen LogP contribution is 2.01. The molecule has 4 heteroatoms. The molecule has 0 aliphatic heterocycles. The van der Waals surface area contributed by atoms with Crippen LogP contribution in [-0.2, 0) is 4.74 Å². The highest BCUT2D eigenvalue weighted by Gasteiger charge is 2.16. The Bertz CT molecular complexity index is 103. The molecule has 0 aliphatic rings. The van der Waals surface area contributed by atoms with Gasteiger partial charge >= 0.3 is 0 Å². The Hall–Kier alpha value is 0.170. The first kappa shape index (κ1) is 19.7. The molecule has 1 atom stereocenters. The summed E-state index contributed by atoms with van der Waals surface area (Å²) in [4.78, 5) is 0. The topological polar surface area (TPSA) is 29.5 Å². The molecule has 0 fully saturated rings. The third-order valence-corrected chi connectivity index (χ3v) is 1.67. The first-order chi connectivity index (χ1) is 5.90. The molecule has 0 saturated carbocycles. The second-order valence-electron chi connectivity index (χ2n) is 3.79. The molecule has 0 aliphatic carbocycles. The van der Waals surface area contributed by atoms with Crippen LogP contribution in [0.2, 0.25) is 0 Å². The van der Waals surface area contributed by atoms with Crippen molar-refractivity contribution in [2.45, 2.75) is 33.4 Å². The van der Waals surface area contributed by atoms with Gasteiger partial charge in [0.05, 0.1) is 21.1 Å². The summed E-state index contributed by atoms with van der Waals surface area (Å²) in [6, 6.07) is 0. The maximum absolute atomic E-state index is 9.17. The maximum Gasteiger partial charge on any atom is 0.189 e. The van der Waals surface area contributed by atoms with Crippen LogP contribution in [0.15, 0.2) is 0 Å². The molecule has 0 heterocycles. The molecule has 0 saturated heterocycles. The van der Waals surface area contributed by atoms with Crippen molar-refractivity contribution >= 4 is 0 Å². The molecule has 0 aromatic carbocycles. The summed E-state index contributed by atoms with van der Waals surface area (Å²) >= 11 is 0. The number of hydrogen-bond donors (Lipinski definition) is 1. The maximum atomic E-state index is 9.17. The van der Waals surface area contributed by atoms with E-state index in [0.29, 0.717) is 4.48 Å². The Kier molecular flexibility index (Phi) is 15.8. The van der Waals surface area contributed by atoms with Gasteiger partial charge in [-0.25, -0.2) is 0 Å². The number of aliphatic hydroxyl groups excluding tert-OH is 1. The van der Waals surface area contributed by atoms with E-state index in [4.69, 9.17) is 9.84 Å². The average molecular weight is 228 g/mol. The molecule has 0 bridgehead atoms. The van der Waals surface area contributed by atoms with Crippen LogP contribution in [0.1, 0.15) is 27.2 Å². The van der Waals surface area contributed by atoms with Gasteiger partial charge in [0.1, 0.15) is 0 Å². The second-order valence-corrected chi connectivity index (χ2v) is 3.79. The van der Waals surface area contributed by atoms with Gasteiger partial charge in [-0.15, -0.1) is 0 Å². The Morgan fingerprint density at radius 1 is 1.07 bits per heavy atom. The van der Waals surface area contributed by atoms with Crippen molar-refractivity contribution in [3.05, 3.63) is 0 Å². The first-order valence-electron chi connectivity index (χ1n) is 4.96. The van der Waals surface area contributed by atoms with Crippen LogP contribution in [0.4, 0.5) is 0 Å². The number of halogens is 1. The van der Waals surface area contributed by atoms with Crippen molar-refractivity contribution in [1.29, 1.82) is 0 Å². The van der Waals surface area contributed by atoms with Crippen LogP contribution in [0.3, 0.4) is 0 Å². The number of quaternary nitrogens is 1. The largest absolute Gasteiger partial charge is 1.00 e. The van der Waals surface area contributed by atoms with Crippen molar-refractivity contribution in [3.8, 4) is 0 Å². The Balaban J connectivity index is -0.000000177. The molecular formula is C10H26ClNO2. The molecular weight excluding hydrogens is 202 g/mol. The van der Waals surface area contributed by atoms with Gasteiger partial charge in [-0.05, 0) is 13.8 Å². The molecule has 0 amide bonds. The van der Waals surface area contributed by atoms with Crippen LogP contribution in [0.5, 0.6) is 0 Å². The summed E-state index contributed by atoms with van der Waals surface area (Å²) in [5.41, 5.74) is 0. The Labute approximate surface area is 95.1 Å². The zero-order valence-corrected chi connectivity index (χ0v) is 11.1. The minimum atomic E-state index is -0.213. The van der Waals surface area contributed by atoms with Crippen LogP contribution in [0, 0.1) is 0 Å². The van der Waals surface area contributed by atoms with Crippen LogP contribution in [-0.4, -0.2) is 50.2 Å². The van der Waals surface area contributed by atoms with Gasteiger partial charge in [-0.1, -0.05) is 6.92 Å². The predicted octanol–water partition coefficient (Wildman–Crippen LogP) is -1.53. The molecule has 0 rings (SSSR count). The molecule has 0 aromatic heterocycles. The lowest BCUT2D eigenvalue weighted by molar-refractivity contribution is -0.918. The molecule has 1 unspecified atom stereocenters. The van der Waals surface area contributed by atoms with Gasteiger partial charge in [0.25, 0.3) is 0 Å². The fourth-order valence-corrected chi connectivity index (χ4v) is 0.752. The SMILES string of the molecule is CCC(O)[N+](C)(C)C.CCOCC.[Cl-]. The third-order valence-electron chi connectivity index (χ3n) is 1.67. The lowest BCUT2D eigenvalue weighted by atomic mass is 10.4. The monoisotopic (exact) mass is 227 g/mol. The first-order valence-corrected chi connectivity index (χ1v) is 4.96. The fraction of sp³-hybridized carbons (Fsp3) is 1.00. The standard InChI is InChI=1S/C6H16NO.C4H10O.ClH/c1-5-6(8)7(2,3)4;1-3-5-4-2;/h6,8H,5H2,1-4H3;3-4H2,1-2H3;1H/q+1;;/p-1. The van der Waals surface area contributed by atoms with Crippen molar-refractivity contribution < 1.29 is 26.7 Å². The Morgan fingerprint density at radius 3 is 1.43 bits per heavy atom. The molecule has 90 valence electrons. The summed E-state index contributed by atoms with van der Waals surface area (Å²) in [7, 11) is 5.94. The zero-order chi connectivity index (χ0) is 10.9. The van der Waals surface area contributed by atoms with E-state index in [2.05, 4.69) is 0 Å². The van der Waals surface area contributed by atoms with Crippen LogP contribution < -0.4 is 12.4 Å². The quantitative estimate of drug-likeness (QED) is 0.467. The minimum absolute atomic E-state index is 0. The number of rotatable bonds is 4. The lowest BCUT2D eigenvalue weighted by Gasteiger charge is -2.28.